The monoisotopic (exact) mass is 597 g/mol. The summed E-state index contributed by atoms with van der Waals surface area (Å²) in [5.41, 5.74) is 2.09. The lowest BCUT2D eigenvalue weighted by Gasteiger charge is -2.32. The predicted octanol–water partition coefficient (Wildman–Crippen LogP) is 3.95. The van der Waals surface area contributed by atoms with Gasteiger partial charge >= 0.3 is 6.18 Å². The first-order chi connectivity index (χ1) is 20.3. The van der Waals surface area contributed by atoms with E-state index in [4.69, 9.17) is 10.00 Å². The van der Waals surface area contributed by atoms with E-state index in [2.05, 4.69) is 11.2 Å². The molecule has 1 fully saturated rings. The lowest BCUT2D eigenvalue weighted by Crippen LogP contribution is -2.51. The van der Waals surface area contributed by atoms with Crippen molar-refractivity contribution in [3.63, 3.8) is 0 Å². The van der Waals surface area contributed by atoms with E-state index in [1.165, 1.54) is 12.1 Å². The number of amides is 2. The van der Waals surface area contributed by atoms with Crippen LogP contribution in [0.4, 0.5) is 17.6 Å². The summed E-state index contributed by atoms with van der Waals surface area (Å²) in [5.74, 6) is -2.96. The number of rotatable bonds is 7. The summed E-state index contributed by atoms with van der Waals surface area (Å²) in [6.07, 6.45) is -4.88. The van der Waals surface area contributed by atoms with Gasteiger partial charge in [0.25, 0.3) is 5.91 Å². The Balaban J connectivity index is 1.40. The van der Waals surface area contributed by atoms with Gasteiger partial charge in [-0.1, -0.05) is 30.3 Å². The van der Waals surface area contributed by atoms with Crippen LogP contribution < -0.4 is 0 Å². The van der Waals surface area contributed by atoms with Gasteiger partial charge in [-0.2, -0.15) is 23.5 Å². The summed E-state index contributed by atoms with van der Waals surface area (Å²) in [7, 11) is 0. The third-order valence-electron chi connectivity index (χ3n) is 8.00. The average Bonchev–Trinajstić information content (AvgIpc) is 3.53. The highest BCUT2D eigenvalue weighted by molar-refractivity contribution is 6.15. The molecule has 0 saturated carbocycles. The van der Waals surface area contributed by atoms with E-state index in [0.717, 1.165) is 40.8 Å². The number of Topliss-reactive ketones (excluding diaryl/α,β-unsaturated/α-hetero) is 1. The molecule has 0 bridgehead atoms. The number of benzene rings is 2. The third-order valence-corrected chi connectivity index (χ3v) is 8.00. The van der Waals surface area contributed by atoms with Crippen LogP contribution in [0.2, 0.25) is 0 Å². The molecule has 2 aliphatic rings. The van der Waals surface area contributed by atoms with E-state index in [1.807, 2.05) is 6.92 Å². The average molecular weight is 598 g/mol. The Labute approximate surface area is 244 Å². The van der Waals surface area contributed by atoms with Crippen LogP contribution in [0.3, 0.4) is 0 Å². The molecular weight excluding hydrogens is 570 g/mol. The van der Waals surface area contributed by atoms with Gasteiger partial charge in [-0.15, -0.1) is 0 Å². The molecule has 2 amide bonds. The number of hydrogen-bond acceptors (Lipinski definition) is 6. The number of carbonyl (C=O) groups excluding carboxylic acids is 3. The number of fused-ring (bicyclic) bond motifs is 2. The minimum absolute atomic E-state index is 0.0686. The van der Waals surface area contributed by atoms with E-state index < -0.39 is 61.1 Å². The van der Waals surface area contributed by atoms with Crippen LogP contribution in [-0.2, 0) is 44.2 Å². The summed E-state index contributed by atoms with van der Waals surface area (Å²) in [6, 6.07) is 9.64. The number of aryl methyl sites for hydroxylation is 1. The molecule has 1 spiro atoms. The first kappa shape index (κ1) is 29.9. The highest BCUT2D eigenvalue weighted by atomic mass is 19.4. The zero-order valence-electron chi connectivity index (χ0n) is 23.5. The summed E-state index contributed by atoms with van der Waals surface area (Å²) >= 11 is 0. The fraction of sp³-hybridized carbons (Fsp3) is 0.367. The normalized spacial score (nSPS) is 18.7. The molecule has 43 heavy (non-hydrogen) atoms. The van der Waals surface area contributed by atoms with Crippen molar-refractivity contribution in [2.45, 2.75) is 58.1 Å². The Morgan fingerprint density at radius 1 is 1.19 bits per heavy atom. The second-order valence-electron chi connectivity index (χ2n) is 10.7. The minimum atomic E-state index is -4.76. The highest BCUT2D eigenvalue weighted by Crippen LogP contribution is 2.44. The number of nitrogens with zero attached hydrogens (tertiary/aromatic N) is 5. The van der Waals surface area contributed by atoms with Gasteiger partial charge in [0, 0.05) is 29.8 Å². The summed E-state index contributed by atoms with van der Waals surface area (Å²) in [6.45, 7) is 2.83. The Morgan fingerprint density at radius 2 is 1.88 bits per heavy atom. The number of carbonyl (C=O) groups is 3. The SMILES string of the molecule is Cc1nn(CC#N)c(C)c1-c1ccc2c(c1)CC(=O)[C@]21OCN(CC(=O)N(Cc2ccc(F)cc2)C(C)C(F)(F)F)C1=O. The maximum Gasteiger partial charge on any atom is 0.408 e. The van der Waals surface area contributed by atoms with E-state index in [0.29, 0.717) is 21.7 Å². The van der Waals surface area contributed by atoms with Gasteiger partial charge < -0.3 is 14.5 Å². The zero-order chi connectivity index (χ0) is 31.3. The molecule has 2 aromatic carbocycles. The molecule has 2 heterocycles. The van der Waals surface area contributed by atoms with E-state index in [1.54, 1.807) is 29.8 Å². The van der Waals surface area contributed by atoms with Crippen molar-refractivity contribution in [3.8, 4) is 17.2 Å². The fourth-order valence-electron chi connectivity index (χ4n) is 5.71. The smallest absolute Gasteiger partial charge is 0.332 e. The van der Waals surface area contributed by atoms with Gasteiger partial charge in [-0.05, 0) is 49.6 Å². The molecular formula is C30H27F4N5O4. The van der Waals surface area contributed by atoms with E-state index >= 15 is 0 Å². The van der Waals surface area contributed by atoms with Gasteiger partial charge in [-0.3, -0.25) is 19.1 Å². The van der Waals surface area contributed by atoms with Crippen molar-refractivity contribution in [1.29, 1.82) is 5.26 Å². The van der Waals surface area contributed by atoms with Crippen LogP contribution in [0.1, 0.15) is 35.0 Å². The molecule has 1 saturated heterocycles. The topological polar surface area (TPSA) is 109 Å². The lowest BCUT2D eigenvalue weighted by atomic mass is 9.92. The van der Waals surface area contributed by atoms with Gasteiger partial charge in [0.15, 0.2) is 5.78 Å². The summed E-state index contributed by atoms with van der Waals surface area (Å²) < 4.78 is 61.8. The van der Waals surface area contributed by atoms with Crippen molar-refractivity contribution in [3.05, 3.63) is 76.4 Å². The first-order valence-electron chi connectivity index (χ1n) is 13.4. The van der Waals surface area contributed by atoms with Crippen LogP contribution in [0.25, 0.3) is 11.1 Å². The Morgan fingerprint density at radius 3 is 2.53 bits per heavy atom. The second kappa shape index (κ2) is 10.9. The van der Waals surface area contributed by atoms with Crippen molar-refractivity contribution in [1.82, 2.24) is 19.6 Å². The maximum absolute atomic E-state index is 13.7. The summed E-state index contributed by atoms with van der Waals surface area (Å²) in [5, 5.41) is 13.5. The standard InChI is InChI=1S/C30H27F4N5O4/c1-17-27(18(2)39(36-17)11-10-35)21-6-9-24-22(12-21)13-25(40)29(24)28(42)37(16-43-29)15-26(41)38(19(3)30(32,33)34)14-20-4-7-23(31)8-5-20/h4-9,12,19H,11,13-16H2,1-3H3/t19?,29-/m1/s1. The number of alkyl halides is 3. The first-order valence-corrected chi connectivity index (χ1v) is 13.4. The number of ketones is 1. The molecule has 0 radical (unpaired) electrons. The Hall–Kier alpha value is -4.57. The van der Waals surface area contributed by atoms with Crippen LogP contribution >= 0.6 is 0 Å². The maximum atomic E-state index is 13.7. The van der Waals surface area contributed by atoms with Crippen LogP contribution in [0.5, 0.6) is 0 Å². The quantitative estimate of drug-likeness (QED) is 0.302. The molecule has 1 aliphatic carbocycles. The molecule has 224 valence electrons. The minimum Gasteiger partial charge on any atom is -0.332 e. The molecule has 2 atom stereocenters. The molecule has 5 rings (SSSR count). The van der Waals surface area contributed by atoms with Gasteiger partial charge in [0.05, 0.1) is 11.8 Å². The number of halogens is 4. The van der Waals surface area contributed by atoms with Crippen LogP contribution in [0.15, 0.2) is 42.5 Å². The Bertz CT molecular complexity index is 1660. The van der Waals surface area contributed by atoms with Gasteiger partial charge in [0.1, 0.15) is 31.7 Å². The van der Waals surface area contributed by atoms with E-state index in [-0.39, 0.29) is 18.5 Å². The van der Waals surface area contributed by atoms with Crippen molar-refractivity contribution < 1.29 is 36.7 Å². The number of nitriles is 1. The number of aromatic nitrogens is 2. The largest absolute Gasteiger partial charge is 0.408 e. The lowest BCUT2D eigenvalue weighted by molar-refractivity contribution is -0.187. The molecule has 9 nitrogen and oxygen atoms in total. The van der Waals surface area contributed by atoms with Gasteiger partial charge in [-0.25, -0.2) is 4.39 Å². The van der Waals surface area contributed by atoms with Crippen molar-refractivity contribution in [2.24, 2.45) is 0 Å². The number of hydrogen-bond donors (Lipinski definition) is 0. The second-order valence-corrected chi connectivity index (χ2v) is 10.7. The van der Waals surface area contributed by atoms with Gasteiger partial charge in [0.2, 0.25) is 11.5 Å². The molecule has 1 unspecified atom stereocenters. The molecule has 0 N–H and O–H groups in total. The Kier molecular flexibility index (Phi) is 7.60. The molecule has 3 aromatic rings. The van der Waals surface area contributed by atoms with Crippen molar-refractivity contribution >= 4 is 17.6 Å². The van der Waals surface area contributed by atoms with Crippen molar-refractivity contribution in [2.75, 3.05) is 13.3 Å². The van der Waals surface area contributed by atoms with Crippen LogP contribution in [0, 0.1) is 31.0 Å². The highest BCUT2D eigenvalue weighted by Gasteiger charge is 2.59. The van der Waals surface area contributed by atoms with E-state index in [9.17, 15) is 31.9 Å². The summed E-state index contributed by atoms with van der Waals surface area (Å²) in [4.78, 5) is 41.7. The fourth-order valence-corrected chi connectivity index (χ4v) is 5.71. The zero-order valence-corrected chi connectivity index (χ0v) is 23.5. The predicted molar refractivity (Wildman–Crippen MR) is 143 cm³/mol. The molecule has 1 aromatic heterocycles. The number of ether oxygens (including phenoxy) is 1. The van der Waals surface area contributed by atoms with Crippen LogP contribution in [-0.4, -0.2) is 62.7 Å². The molecule has 1 aliphatic heterocycles. The third kappa shape index (κ3) is 5.16. The molecule has 13 heteroatoms.